The molecule has 16 nitrogen and oxygen atoms in total. The average molecular weight is 1150 g/mol. The van der Waals surface area contributed by atoms with Crippen molar-refractivity contribution in [3.63, 3.8) is 0 Å². The number of thioether (sulfide) groups is 1. The molecule has 2 amide bonds. The number of nitrogens with zero attached hydrogens (tertiary/aromatic N) is 1. The van der Waals surface area contributed by atoms with Crippen molar-refractivity contribution >= 4 is 71.2 Å². The Hall–Kier alpha value is -6.75. The Morgan fingerprint density at radius 2 is 1.15 bits per heavy atom. The first kappa shape index (κ1) is 67.8. The number of amidine groups is 1. The van der Waals surface area contributed by atoms with Crippen LogP contribution in [0.4, 0.5) is 5.82 Å². The van der Waals surface area contributed by atoms with Gasteiger partial charge in [-0.2, -0.15) is 0 Å². The van der Waals surface area contributed by atoms with Crippen molar-refractivity contribution in [2.45, 2.75) is 209 Å². The molecule has 4 rings (SSSR count). The summed E-state index contributed by atoms with van der Waals surface area (Å²) in [5.41, 5.74) is 5.36. The smallest absolute Gasteiger partial charge is 0.347 e. The number of carboxylic acid groups (broad SMARTS) is 2. The first-order chi connectivity index (χ1) is 37.7. The summed E-state index contributed by atoms with van der Waals surface area (Å²) in [6.45, 7) is 41.4. The fraction of sp³-hybridized carbons (Fsp3) is 0.538. The number of hydrogen-bond acceptors (Lipinski definition) is 12. The van der Waals surface area contributed by atoms with Crippen molar-refractivity contribution < 1.29 is 58.0 Å². The molecule has 0 fully saturated rings. The van der Waals surface area contributed by atoms with Crippen molar-refractivity contribution in [1.82, 2.24) is 10.3 Å². The van der Waals surface area contributed by atoms with Gasteiger partial charge in [0, 0.05) is 46.4 Å². The number of benzene rings is 2. The number of aromatic amines is 1. The van der Waals surface area contributed by atoms with Gasteiger partial charge in [-0.1, -0.05) is 153 Å². The number of hydrogen-bond donors (Lipinski definition) is 5. The number of carbonyl (C=O) groups excluding carboxylic acids is 5. The van der Waals surface area contributed by atoms with E-state index in [9.17, 15) is 34.2 Å². The molecule has 0 spiro atoms. The van der Waals surface area contributed by atoms with Gasteiger partial charge in [0.25, 0.3) is 0 Å². The summed E-state index contributed by atoms with van der Waals surface area (Å²) >= 11 is 0.998. The fourth-order valence-corrected chi connectivity index (χ4v) is 10.6. The molecular formula is C65H90N4O12S. The highest BCUT2D eigenvalue weighted by Gasteiger charge is 2.38. The Kier molecular flexibility index (Phi) is 22.8. The van der Waals surface area contributed by atoms with Gasteiger partial charge in [0.05, 0.1) is 18.7 Å². The van der Waals surface area contributed by atoms with E-state index in [2.05, 4.69) is 63.7 Å². The zero-order chi connectivity index (χ0) is 62.1. The Morgan fingerprint density at radius 3 is 1.57 bits per heavy atom. The quantitative estimate of drug-likeness (QED) is 0.0257. The van der Waals surface area contributed by atoms with Crippen LogP contribution in [0.2, 0.25) is 0 Å². The minimum atomic E-state index is -1.23. The predicted octanol–water partition coefficient (Wildman–Crippen LogP) is 13.7. The number of carbonyl (C=O) groups is 7. The number of ether oxygens (including phenoxy) is 3. The molecule has 1 aromatic heterocycles. The number of esters is 3. The largest absolute Gasteiger partial charge is 0.481 e. The lowest BCUT2D eigenvalue weighted by Gasteiger charge is -2.30. The van der Waals surface area contributed by atoms with E-state index in [1.54, 1.807) is 13.0 Å². The van der Waals surface area contributed by atoms with Crippen molar-refractivity contribution in [3.8, 4) is 11.5 Å². The van der Waals surface area contributed by atoms with Crippen LogP contribution in [-0.4, -0.2) is 80.3 Å². The van der Waals surface area contributed by atoms with E-state index < -0.39 is 86.8 Å². The highest BCUT2D eigenvalue weighted by atomic mass is 32.2. The average Bonchev–Trinajstić information content (AvgIpc) is 4.08. The molecule has 1 aliphatic heterocycles. The number of aromatic nitrogens is 1. The van der Waals surface area contributed by atoms with E-state index in [0.717, 1.165) is 45.1 Å². The van der Waals surface area contributed by atoms with Crippen LogP contribution in [0.15, 0.2) is 58.3 Å². The Bertz CT molecular complexity index is 2980. The number of aliphatic imine (C=N–C) groups is 1. The van der Waals surface area contributed by atoms with Crippen LogP contribution in [0.5, 0.6) is 11.5 Å². The maximum Gasteiger partial charge on any atom is 0.347 e. The molecule has 2 aromatic carbocycles. The molecule has 2 heterocycles. The third-order valence-corrected chi connectivity index (χ3v) is 15.0. The summed E-state index contributed by atoms with van der Waals surface area (Å²) in [6, 6.07) is 8.07. The lowest BCUT2D eigenvalue weighted by atomic mass is 9.78. The number of unbranched alkanes of at least 4 members (excludes halogenated alkanes) is 2. The van der Waals surface area contributed by atoms with E-state index in [1.807, 2.05) is 107 Å². The lowest BCUT2D eigenvalue weighted by molar-refractivity contribution is -0.142. The number of allylic oxidation sites excluding steroid dienone is 1. The summed E-state index contributed by atoms with van der Waals surface area (Å²) in [4.78, 5) is 102. The standard InChI is InChI=1S/C65H90N4O12S/c1-35(2)50-44(66-56(68-47(70)25-21-23-27-79-59(76)37(5)6)52(50)60(77)80-54-40(62(9,10)11)29-38(7)30-41(54)63(12,13)14)33-45-51(36(3)4)53(57(67-45)69-48(71)26-22-24-28-82-46(58(74)75)34-49(72)73)61(78)81-55-42(64(15,16)17)31-39(8)32-43(55)65(18,19)20/h29-33,35-36,46,67H,5,21-28,34H2,1-4,6-20H3,(H,69,71)(H,72,73)(H,74,75)(H,66,68,70). The first-order valence-electron chi connectivity index (χ1n) is 28.3. The van der Waals surface area contributed by atoms with Gasteiger partial charge in [-0.3, -0.25) is 19.2 Å². The van der Waals surface area contributed by atoms with E-state index in [1.165, 1.54) is 0 Å². The molecule has 82 heavy (non-hydrogen) atoms. The van der Waals surface area contributed by atoms with E-state index >= 15 is 9.59 Å². The van der Waals surface area contributed by atoms with E-state index in [-0.39, 0.29) is 53.5 Å². The highest BCUT2D eigenvalue weighted by Crippen LogP contribution is 2.45. The van der Waals surface area contributed by atoms with Gasteiger partial charge in [-0.15, -0.1) is 11.8 Å². The van der Waals surface area contributed by atoms with Crippen LogP contribution in [0.1, 0.15) is 224 Å². The van der Waals surface area contributed by atoms with Crippen molar-refractivity contribution in [3.05, 3.63) is 103 Å². The fourth-order valence-electron chi connectivity index (χ4n) is 9.52. The summed E-state index contributed by atoms with van der Waals surface area (Å²) in [5, 5.41) is 23.5. The second-order valence-electron chi connectivity index (χ2n) is 26.2. The number of rotatable bonds is 23. The lowest BCUT2D eigenvalue weighted by Crippen LogP contribution is -2.35. The van der Waals surface area contributed by atoms with Gasteiger partial charge in [0.2, 0.25) is 11.8 Å². The highest BCUT2D eigenvalue weighted by molar-refractivity contribution is 8.00. The zero-order valence-corrected chi connectivity index (χ0v) is 52.8. The topological polar surface area (TPSA) is 240 Å². The number of aryl methyl sites for hydroxylation is 2. The summed E-state index contributed by atoms with van der Waals surface area (Å²) in [6.07, 6.45) is 2.61. The molecule has 448 valence electrons. The molecule has 1 unspecified atom stereocenters. The molecular weight excluding hydrogens is 1060 g/mol. The molecule has 17 heteroatoms. The maximum absolute atomic E-state index is 15.3. The number of carboxylic acids is 2. The van der Waals surface area contributed by atoms with Crippen molar-refractivity contribution in [2.24, 2.45) is 10.9 Å². The van der Waals surface area contributed by atoms with Crippen molar-refractivity contribution in [2.75, 3.05) is 17.7 Å². The van der Waals surface area contributed by atoms with E-state index in [4.69, 9.17) is 19.2 Å². The number of anilines is 1. The van der Waals surface area contributed by atoms with Crippen LogP contribution < -0.4 is 20.1 Å². The SMILES string of the molecule is C=C(C)C(=O)OCCCCC(=O)NC1=NC(=Cc2[nH]c(NC(=O)CCCCSC(CC(=O)O)C(=O)O)c(C(=O)Oc3c(C(C)(C)C)cc(C)cc3C(C)(C)C)c2C(C)C)C(C(C)C)=C1C(=O)Oc1c(C(C)(C)C)cc(C)cc1C(C)(C)C. The van der Waals surface area contributed by atoms with Crippen LogP contribution in [0.3, 0.4) is 0 Å². The van der Waals surface area contributed by atoms with Gasteiger partial charge in [-0.05, 0) is 103 Å². The third-order valence-electron chi connectivity index (χ3n) is 13.7. The first-order valence-corrected chi connectivity index (χ1v) is 29.3. The van der Waals surface area contributed by atoms with Crippen LogP contribution in [0, 0.1) is 19.8 Å². The number of nitrogens with one attached hydrogen (secondary N) is 3. The molecule has 5 N–H and O–H groups in total. The summed E-state index contributed by atoms with van der Waals surface area (Å²) < 4.78 is 18.5. The van der Waals surface area contributed by atoms with Gasteiger partial charge in [0.15, 0.2) is 0 Å². The normalized spacial score (nSPS) is 14.0. The molecule has 1 aliphatic rings. The second-order valence-corrected chi connectivity index (χ2v) is 27.5. The molecule has 3 aromatic rings. The van der Waals surface area contributed by atoms with Gasteiger partial charge in [0.1, 0.15) is 39.5 Å². The second kappa shape index (κ2) is 27.6. The van der Waals surface area contributed by atoms with E-state index in [0.29, 0.717) is 59.8 Å². The Labute approximate surface area is 490 Å². The third kappa shape index (κ3) is 18.1. The van der Waals surface area contributed by atoms with Gasteiger partial charge in [-0.25, -0.2) is 19.4 Å². The summed E-state index contributed by atoms with van der Waals surface area (Å²) in [5.74, 6) is -5.03. The summed E-state index contributed by atoms with van der Waals surface area (Å²) in [7, 11) is 0. The zero-order valence-electron chi connectivity index (χ0n) is 52.0. The van der Waals surface area contributed by atoms with Crippen molar-refractivity contribution in [1.29, 1.82) is 0 Å². The molecule has 0 saturated heterocycles. The Morgan fingerprint density at radius 1 is 0.683 bits per heavy atom. The molecule has 1 atom stereocenters. The molecule has 0 aliphatic carbocycles. The van der Waals surface area contributed by atoms with Crippen LogP contribution in [0.25, 0.3) is 6.08 Å². The number of aliphatic carboxylic acids is 2. The predicted molar refractivity (Wildman–Crippen MR) is 326 cm³/mol. The molecule has 0 radical (unpaired) electrons. The minimum absolute atomic E-state index is 0.00619. The number of amides is 2. The van der Waals surface area contributed by atoms with Gasteiger partial charge >= 0.3 is 29.8 Å². The van der Waals surface area contributed by atoms with Crippen LogP contribution >= 0.6 is 11.8 Å². The monoisotopic (exact) mass is 1150 g/mol. The number of H-pyrrole nitrogens is 1. The molecule has 0 saturated carbocycles. The van der Waals surface area contributed by atoms with Gasteiger partial charge < -0.3 is 40.0 Å². The maximum atomic E-state index is 15.3. The molecule has 0 bridgehead atoms. The Balaban J connectivity index is 1.99. The minimum Gasteiger partial charge on any atom is -0.481 e. The van der Waals surface area contributed by atoms with Crippen LogP contribution in [-0.2, 0) is 55.2 Å².